The fourth-order valence-electron chi connectivity index (χ4n) is 2.34. The molecule has 6 heteroatoms. The van der Waals surface area contributed by atoms with Gasteiger partial charge in [0.15, 0.2) is 5.69 Å². The van der Waals surface area contributed by atoms with Gasteiger partial charge in [-0.3, -0.25) is 9.59 Å². The van der Waals surface area contributed by atoms with Gasteiger partial charge in [-0.25, -0.2) is 4.98 Å². The Hall–Kier alpha value is -2.11. The maximum absolute atomic E-state index is 12.4. The van der Waals surface area contributed by atoms with Crippen molar-refractivity contribution in [1.29, 1.82) is 0 Å². The lowest BCUT2D eigenvalue weighted by Crippen LogP contribution is -2.47. The van der Waals surface area contributed by atoms with Crippen molar-refractivity contribution in [2.45, 2.75) is 32.7 Å². The van der Waals surface area contributed by atoms with Crippen LogP contribution in [0, 0.1) is 5.92 Å². The fourth-order valence-corrected chi connectivity index (χ4v) is 2.34. The maximum Gasteiger partial charge on any atom is 0.274 e. The minimum Gasteiger partial charge on any atom is -0.397 e. The molecule has 1 aromatic heterocycles. The van der Waals surface area contributed by atoms with Crippen LogP contribution in [0.25, 0.3) is 0 Å². The summed E-state index contributed by atoms with van der Waals surface area (Å²) in [4.78, 5) is 29.8. The molecule has 0 radical (unpaired) electrons. The Bertz CT molecular complexity index is 522. The lowest BCUT2D eigenvalue weighted by molar-refractivity contribution is -0.124. The van der Waals surface area contributed by atoms with Crippen molar-refractivity contribution in [3.63, 3.8) is 0 Å². The third-order valence-corrected chi connectivity index (χ3v) is 3.69. The van der Waals surface area contributed by atoms with Crippen LogP contribution < -0.4 is 11.1 Å². The van der Waals surface area contributed by atoms with Gasteiger partial charge >= 0.3 is 0 Å². The highest BCUT2D eigenvalue weighted by molar-refractivity contribution is 5.97. The summed E-state index contributed by atoms with van der Waals surface area (Å²) in [6.07, 6.45) is 3.09. The van der Waals surface area contributed by atoms with Gasteiger partial charge in [-0.2, -0.15) is 0 Å². The summed E-state index contributed by atoms with van der Waals surface area (Å²) in [5.41, 5.74) is 6.50. The van der Waals surface area contributed by atoms with Crippen molar-refractivity contribution in [1.82, 2.24) is 15.2 Å². The van der Waals surface area contributed by atoms with Crippen LogP contribution in [0.1, 0.15) is 37.2 Å². The molecule has 6 nitrogen and oxygen atoms in total. The Kier molecular flexibility index (Phi) is 4.77. The first-order valence-electron chi connectivity index (χ1n) is 7.29. The van der Waals surface area contributed by atoms with Gasteiger partial charge in [-0.05, 0) is 25.0 Å². The summed E-state index contributed by atoms with van der Waals surface area (Å²) in [7, 11) is 0. The molecule has 2 heterocycles. The van der Waals surface area contributed by atoms with Crippen molar-refractivity contribution < 1.29 is 9.59 Å². The summed E-state index contributed by atoms with van der Waals surface area (Å²) in [5, 5.41) is 3.01. The molecule has 0 spiro atoms. The Morgan fingerprint density at radius 2 is 2.05 bits per heavy atom. The number of anilines is 1. The number of nitrogens with zero attached hydrogens (tertiary/aromatic N) is 2. The van der Waals surface area contributed by atoms with Crippen LogP contribution in [0.2, 0.25) is 0 Å². The van der Waals surface area contributed by atoms with Crippen LogP contribution in [0.5, 0.6) is 0 Å². The number of nitrogens with one attached hydrogen (secondary N) is 1. The standard InChI is InChI=1S/C15H22N4O2/c1-10(2)14(20)18-11-5-8-19(9-6-11)15(21)13-12(16)4-3-7-17-13/h3-4,7,10-11H,5-6,8-9,16H2,1-2H3,(H,18,20). The molecular formula is C15H22N4O2. The lowest BCUT2D eigenvalue weighted by Gasteiger charge is -2.32. The molecule has 3 N–H and O–H groups in total. The zero-order valence-electron chi connectivity index (χ0n) is 12.5. The number of piperidine rings is 1. The number of carbonyl (C=O) groups excluding carboxylic acids is 2. The van der Waals surface area contributed by atoms with E-state index in [1.165, 1.54) is 0 Å². The van der Waals surface area contributed by atoms with Crippen molar-refractivity contribution in [3.05, 3.63) is 24.0 Å². The average molecular weight is 290 g/mol. The summed E-state index contributed by atoms with van der Waals surface area (Å²) in [6, 6.07) is 3.53. The summed E-state index contributed by atoms with van der Waals surface area (Å²) < 4.78 is 0. The molecule has 1 aliphatic heterocycles. The monoisotopic (exact) mass is 290 g/mol. The van der Waals surface area contributed by atoms with Gasteiger partial charge in [0, 0.05) is 31.2 Å². The summed E-state index contributed by atoms with van der Waals surface area (Å²) in [5.74, 6) is -0.0894. The highest BCUT2D eigenvalue weighted by Crippen LogP contribution is 2.16. The number of aromatic nitrogens is 1. The Morgan fingerprint density at radius 1 is 1.38 bits per heavy atom. The van der Waals surface area contributed by atoms with Crippen molar-refractivity contribution in [2.24, 2.45) is 5.92 Å². The van der Waals surface area contributed by atoms with E-state index in [0.29, 0.717) is 24.5 Å². The predicted molar refractivity (Wildman–Crippen MR) is 80.6 cm³/mol. The zero-order chi connectivity index (χ0) is 15.4. The SMILES string of the molecule is CC(C)C(=O)NC1CCN(C(=O)c2ncccc2N)CC1. The average Bonchev–Trinajstić information content (AvgIpc) is 2.47. The largest absolute Gasteiger partial charge is 0.397 e. The molecule has 0 unspecified atom stereocenters. The molecule has 2 rings (SSSR count). The quantitative estimate of drug-likeness (QED) is 0.870. The maximum atomic E-state index is 12.4. The molecule has 21 heavy (non-hydrogen) atoms. The highest BCUT2D eigenvalue weighted by Gasteiger charge is 2.26. The first kappa shape index (κ1) is 15.3. The van der Waals surface area contributed by atoms with Gasteiger partial charge in [0.2, 0.25) is 5.91 Å². The minimum atomic E-state index is -0.137. The number of likely N-dealkylation sites (tertiary alicyclic amines) is 1. The third-order valence-electron chi connectivity index (χ3n) is 3.69. The molecule has 2 amide bonds. The van der Waals surface area contributed by atoms with Crippen LogP contribution in [0.4, 0.5) is 5.69 Å². The van der Waals surface area contributed by atoms with E-state index >= 15 is 0 Å². The van der Waals surface area contributed by atoms with Gasteiger partial charge in [0.25, 0.3) is 5.91 Å². The van der Waals surface area contributed by atoms with Crippen molar-refractivity contribution >= 4 is 17.5 Å². The number of rotatable bonds is 3. The van der Waals surface area contributed by atoms with Crippen molar-refractivity contribution in [2.75, 3.05) is 18.8 Å². The van der Waals surface area contributed by atoms with Gasteiger partial charge in [0.05, 0.1) is 5.69 Å². The minimum absolute atomic E-state index is 0.0158. The van der Waals surface area contributed by atoms with Crippen LogP contribution in [0.15, 0.2) is 18.3 Å². The lowest BCUT2D eigenvalue weighted by atomic mass is 10.0. The second kappa shape index (κ2) is 6.56. The fraction of sp³-hybridized carbons (Fsp3) is 0.533. The third kappa shape index (κ3) is 3.71. The molecule has 0 aliphatic carbocycles. The zero-order valence-corrected chi connectivity index (χ0v) is 12.5. The van der Waals surface area contributed by atoms with Gasteiger partial charge in [-0.1, -0.05) is 13.8 Å². The first-order valence-corrected chi connectivity index (χ1v) is 7.29. The molecule has 114 valence electrons. The Morgan fingerprint density at radius 3 is 2.62 bits per heavy atom. The van der Waals surface area contributed by atoms with Crippen LogP contribution >= 0.6 is 0 Å². The number of hydrogen-bond donors (Lipinski definition) is 2. The summed E-state index contributed by atoms with van der Waals surface area (Å²) >= 11 is 0. The number of pyridine rings is 1. The van der Waals surface area contributed by atoms with Gasteiger partial charge in [-0.15, -0.1) is 0 Å². The van der Waals surface area contributed by atoms with E-state index in [9.17, 15) is 9.59 Å². The Balaban J connectivity index is 1.91. The van der Waals surface area contributed by atoms with E-state index in [1.807, 2.05) is 13.8 Å². The molecule has 0 atom stereocenters. The van der Waals surface area contributed by atoms with E-state index in [0.717, 1.165) is 12.8 Å². The molecular weight excluding hydrogens is 268 g/mol. The van der Waals surface area contributed by atoms with Crippen LogP contribution in [0.3, 0.4) is 0 Å². The number of hydrogen-bond acceptors (Lipinski definition) is 4. The van der Waals surface area contributed by atoms with Crippen LogP contribution in [-0.4, -0.2) is 40.8 Å². The number of amides is 2. The molecule has 1 fully saturated rings. The molecule has 0 bridgehead atoms. The topological polar surface area (TPSA) is 88.3 Å². The number of nitrogen functional groups attached to an aromatic ring is 1. The van der Waals surface area contributed by atoms with E-state index in [4.69, 9.17) is 5.73 Å². The van der Waals surface area contributed by atoms with Crippen LogP contribution in [-0.2, 0) is 4.79 Å². The van der Waals surface area contributed by atoms with E-state index in [1.54, 1.807) is 23.2 Å². The Labute approximate surface area is 124 Å². The number of nitrogens with two attached hydrogens (primary N) is 1. The van der Waals surface area contributed by atoms with Gasteiger partial charge in [0.1, 0.15) is 0 Å². The molecule has 1 aliphatic rings. The highest BCUT2D eigenvalue weighted by atomic mass is 16.2. The molecule has 0 saturated carbocycles. The normalized spacial score (nSPS) is 16.0. The molecule has 1 saturated heterocycles. The van der Waals surface area contributed by atoms with Crippen molar-refractivity contribution in [3.8, 4) is 0 Å². The number of carbonyl (C=O) groups is 2. The predicted octanol–water partition coefficient (Wildman–Crippen LogP) is 1.04. The second-order valence-electron chi connectivity index (χ2n) is 5.67. The van der Waals surface area contributed by atoms with E-state index < -0.39 is 0 Å². The van der Waals surface area contributed by atoms with E-state index in [2.05, 4.69) is 10.3 Å². The second-order valence-corrected chi connectivity index (χ2v) is 5.67. The molecule has 1 aromatic rings. The first-order chi connectivity index (χ1) is 9.99. The van der Waals surface area contributed by atoms with Gasteiger partial charge < -0.3 is 16.0 Å². The van der Waals surface area contributed by atoms with E-state index in [-0.39, 0.29) is 23.8 Å². The summed E-state index contributed by atoms with van der Waals surface area (Å²) in [6.45, 7) is 4.96. The molecule has 0 aromatic carbocycles. The smallest absolute Gasteiger partial charge is 0.274 e.